The summed E-state index contributed by atoms with van der Waals surface area (Å²) in [5.74, 6) is -1.43. The first kappa shape index (κ1) is 30.9. The maximum Gasteiger partial charge on any atom is 0.253 e. The van der Waals surface area contributed by atoms with E-state index in [1.807, 2.05) is 6.92 Å². The summed E-state index contributed by atoms with van der Waals surface area (Å²) in [6.45, 7) is 2.78. The van der Waals surface area contributed by atoms with Crippen LogP contribution < -0.4 is 33.6 Å². The number of carbonyl (C=O) groups excluding carboxylic acids is 1. The van der Waals surface area contributed by atoms with E-state index in [2.05, 4.69) is 10.6 Å². The Bertz CT molecular complexity index is 842. The molecule has 0 aromatic heterocycles. The predicted molar refractivity (Wildman–Crippen MR) is 137 cm³/mol. The lowest BCUT2D eigenvalue weighted by Gasteiger charge is -2.51. The molecule has 4 aliphatic rings. The summed E-state index contributed by atoms with van der Waals surface area (Å²) in [5.41, 5.74) is 22.9. The van der Waals surface area contributed by atoms with Crippen molar-refractivity contribution in [2.45, 2.75) is 117 Å². The van der Waals surface area contributed by atoms with Crippen molar-refractivity contribution < 1.29 is 44.5 Å². The van der Waals surface area contributed by atoms with Crippen molar-refractivity contribution in [3.05, 3.63) is 0 Å². The molecule has 1 amide bonds. The Balaban J connectivity index is 1.57. The van der Waals surface area contributed by atoms with Gasteiger partial charge in [0.1, 0.15) is 24.4 Å². The van der Waals surface area contributed by atoms with Gasteiger partial charge >= 0.3 is 0 Å². The summed E-state index contributed by atoms with van der Waals surface area (Å²) >= 11 is 0. The van der Waals surface area contributed by atoms with E-state index in [0.29, 0.717) is 13.0 Å². The number of likely N-dealkylation sites (N-methyl/N-ethyl adjacent to an activating group) is 1. The average molecular weight is 563 g/mol. The van der Waals surface area contributed by atoms with E-state index in [1.54, 1.807) is 0 Å². The summed E-state index contributed by atoms with van der Waals surface area (Å²) in [6, 6.07) is -3.93. The predicted octanol–water partition coefficient (Wildman–Crippen LogP) is -5.72. The Morgan fingerprint density at radius 1 is 1.05 bits per heavy atom. The van der Waals surface area contributed by atoms with Gasteiger partial charge in [-0.2, -0.15) is 0 Å². The first-order chi connectivity index (χ1) is 18.4. The molecule has 2 saturated heterocycles. The van der Waals surface area contributed by atoms with E-state index in [-0.39, 0.29) is 18.9 Å². The van der Waals surface area contributed by atoms with Crippen molar-refractivity contribution in [1.82, 2.24) is 10.6 Å². The van der Waals surface area contributed by atoms with Crippen LogP contribution in [-0.4, -0.2) is 136 Å². The second-order valence-electron chi connectivity index (χ2n) is 11.4. The Hall–Kier alpha value is -1.05. The topological polar surface area (TPSA) is 274 Å². The van der Waals surface area contributed by atoms with Gasteiger partial charge in [-0.25, -0.2) is 0 Å². The molecule has 0 radical (unpaired) electrons. The Kier molecular flexibility index (Phi) is 9.86. The molecular weight excluding hydrogens is 516 g/mol. The summed E-state index contributed by atoms with van der Waals surface area (Å²) < 4.78 is 17.9. The van der Waals surface area contributed by atoms with Gasteiger partial charge in [-0.05, 0) is 25.8 Å². The van der Waals surface area contributed by atoms with Crippen LogP contribution in [0.25, 0.3) is 0 Å². The molecule has 4 rings (SSSR count). The van der Waals surface area contributed by atoms with Crippen molar-refractivity contribution in [3.8, 4) is 0 Å². The van der Waals surface area contributed by atoms with Gasteiger partial charge in [-0.3, -0.25) is 4.79 Å². The average Bonchev–Trinajstić information content (AvgIpc) is 3.53. The highest BCUT2D eigenvalue weighted by Crippen LogP contribution is 2.38. The largest absolute Gasteiger partial charge is 0.394 e. The minimum Gasteiger partial charge on any atom is -0.394 e. The number of nitrogens with one attached hydrogen (secondary N) is 2. The number of hydrogen-bond acceptors (Lipinski definition) is 14. The molecule has 2 aliphatic carbocycles. The number of aliphatic hydroxyl groups is 5. The maximum absolute atomic E-state index is 12.9. The fraction of sp³-hybridized carbons (Fsp3) is 0.958. The van der Waals surface area contributed by atoms with Crippen molar-refractivity contribution in [2.75, 3.05) is 19.7 Å². The Morgan fingerprint density at radius 2 is 1.74 bits per heavy atom. The van der Waals surface area contributed by atoms with Crippen molar-refractivity contribution >= 4 is 5.91 Å². The monoisotopic (exact) mass is 562 g/mol. The van der Waals surface area contributed by atoms with E-state index >= 15 is 0 Å². The first-order valence-electron chi connectivity index (χ1n) is 13.8. The molecule has 2 aliphatic heterocycles. The highest BCUT2D eigenvalue weighted by atomic mass is 16.7. The maximum atomic E-state index is 12.9. The molecule has 4 fully saturated rings. The summed E-state index contributed by atoms with van der Waals surface area (Å²) in [6.07, 6.45) is -7.18. The summed E-state index contributed by atoms with van der Waals surface area (Å²) in [5, 5.41) is 58.6. The molecule has 15 unspecified atom stereocenters. The van der Waals surface area contributed by atoms with Crippen LogP contribution in [0.1, 0.15) is 32.6 Å². The van der Waals surface area contributed by atoms with Crippen molar-refractivity contribution in [1.29, 1.82) is 0 Å². The third-order valence-electron chi connectivity index (χ3n) is 8.67. The van der Waals surface area contributed by atoms with Gasteiger partial charge in [0.25, 0.3) is 5.91 Å². The SMILES string of the molecule is CCNCC1CCC(N)C(C2C(N)CC(NC(=O)C3(O)CC3N)C(OC3OC(CO)C(O)C(N)C3O)C2O)O1. The second-order valence-corrected chi connectivity index (χ2v) is 11.4. The molecule has 0 aromatic carbocycles. The fourth-order valence-corrected chi connectivity index (χ4v) is 6.03. The molecule has 2 saturated carbocycles. The minimum absolute atomic E-state index is 0.0850. The van der Waals surface area contributed by atoms with Crippen molar-refractivity contribution in [3.63, 3.8) is 0 Å². The summed E-state index contributed by atoms with van der Waals surface area (Å²) in [4.78, 5) is 12.9. The fourth-order valence-electron chi connectivity index (χ4n) is 6.03. The number of aliphatic hydroxyl groups excluding tert-OH is 4. The standard InChI is InChI=1S/C24H46N6O9/c1-2-29-7-9-3-4-10(25)20(37-9)15-11(26)5-12(30-23(35)24(36)6-14(24)27)21(18(15)33)39-22-19(34)16(28)17(32)13(8-31)38-22/h9-22,29,31-34,36H,2-8,25-28H2,1H3,(H,30,35). The Labute approximate surface area is 227 Å². The number of hydrogen-bond donors (Lipinski definition) is 11. The first-order valence-corrected chi connectivity index (χ1v) is 13.8. The summed E-state index contributed by atoms with van der Waals surface area (Å²) in [7, 11) is 0. The molecule has 15 heteroatoms. The van der Waals surface area contributed by atoms with Crippen LogP contribution in [-0.2, 0) is 19.0 Å². The highest BCUT2D eigenvalue weighted by molar-refractivity contribution is 5.89. The van der Waals surface area contributed by atoms with Gasteiger partial charge in [0.15, 0.2) is 11.9 Å². The smallest absolute Gasteiger partial charge is 0.253 e. The van der Waals surface area contributed by atoms with Gasteiger partial charge in [0.05, 0.1) is 37.0 Å². The lowest BCUT2D eigenvalue weighted by Crippen LogP contribution is -2.69. The molecule has 226 valence electrons. The number of carbonyl (C=O) groups is 1. The molecule has 0 aromatic rings. The molecule has 39 heavy (non-hydrogen) atoms. The molecule has 15 atom stereocenters. The minimum atomic E-state index is -1.74. The molecule has 2 heterocycles. The number of rotatable bonds is 9. The van der Waals surface area contributed by atoms with Crippen molar-refractivity contribution in [2.24, 2.45) is 28.9 Å². The highest BCUT2D eigenvalue weighted by Gasteiger charge is 2.59. The van der Waals surface area contributed by atoms with Crippen LogP contribution in [0, 0.1) is 5.92 Å². The second kappa shape index (κ2) is 12.4. The third-order valence-corrected chi connectivity index (χ3v) is 8.67. The molecule has 15 N–H and O–H groups in total. The number of ether oxygens (including phenoxy) is 3. The van der Waals surface area contributed by atoms with E-state index < -0.39 is 97.2 Å². The van der Waals surface area contributed by atoms with E-state index in [4.69, 9.17) is 37.1 Å². The van der Waals surface area contributed by atoms with Crippen LogP contribution in [0.5, 0.6) is 0 Å². The number of amides is 1. The lowest BCUT2D eigenvalue weighted by atomic mass is 9.72. The van der Waals surface area contributed by atoms with Gasteiger partial charge in [-0.1, -0.05) is 6.92 Å². The van der Waals surface area contributed by atoms with E-state index in [9.17, 15) is 30.3 Å². The zero-order valence-electron chi connectivity index (χ0n) is 22.2. The zero-order chi connectivity index (χ0) is 28.6. The van der Waals surface area contributed by atoms with Gasteiger partial charge in [0.2, 0.25) is 0 Å². The van der Waals surface area contributed by atoms with E-state index in [0.717, 1.165) is 13.0 Å². The quantitative estimate of drug-likeness (QED) is 0.125. The third kappa shape index (κ3) is 6.25. The van der Waals surface area contributed by atoms with Gasteiger partial charge in [0, 0.05) is 37.0 Å². The van der Waals surface area contributed by atoms with Gasteiger partial charge < -0.3 is 73.3 Å². The molecule has 0 bridgehead atoms. The molecule has 0 spiro atoms. The van der Waals surface area contributed by atoms with Crippen LogP contribution in [0.3, 0.4) is 0 Å². The van der Waals surface area contributed by atoms with Gasteiger partial charge in [-0.15, -0.1) is 0 Å². The normalized spacial score (nSPS) is 50.4. The van der Waals surface area contributed by atoms with Crippen LogP contribution in [0.15, 0.2) is 0 Å². The molecular formula is C24H46N6O9. The van der Waals surface area contributed by atoms with E-state index in [1.165, 1.54) is 0 Å². The zero-order valence-corrected chi connectivity index (χ0v) is 22.2. The Morgan fingerprint density at radius 3 is 2.36 bits per heavy atom. The lowest BCUT2D eigenvalue weighted by molar-refractivity contribution is -0.306. The van der Waals surface area contributed by atoms with Crippen LogP contribution in [0.4, 0.5) is 0 Å². The molecule has 15 nitrogen and oxygen atoms in total. The van der Waals surface area contributed by atoms with Crippen LogP contribution in [0.2, 0.25) is 0 Å². The number of nitrogens with two attached hydrogens (primary N) is 4. The van der Waals surface area contributed by atoms with Crippen LogP contribution >= 0.6 is 0 Å².